The number of rotatable bonds is 9. The van der Waals surface area contributed by atoms with Crippen LogP contribution >= 0.6 is 22.7 Å². The van der Waals surface area contributed by atoms with Crippen molar-refractivity contribution in [1.82, 2.24) is 39.0 Å². The molecule has 0 aliphatic rings. The predicted octanol–water partition coefficient (Wildman–Crippen LogP) is 24.5. The number of hydrogen-bond donors (Lipinski definition) is 0. The van der Waals surface area contributed by atoms with E-state index in [1.807, 2.05) is 96.3 Å². The van der Waals surface area contributed by atoms with Crippen LogP contribution in [-0.4, -0.2) is 39.0 Å². The zero-order valence-electron chi connectivity index (χ0n) is 54.1. The number of para-hydroxylation sites is 4. The molecule has 0 aliphatic heterocycles. The summed E-state index contributed by atoms with van der Waals surface area (Å²) >= 11 is 3.62. The fourth-order valence-corrected chi connectivity index (χ4v) is 18.0. The highest BCUT2D eigenvalue weighted by Crippen LogP contribution is 2.48. The fraction of sp³-hybridized carbons (Fsp3) is 0. The predicted molar refractivity (Wildman–Crippen MR) is 420 cm³/mol. The van der Waals surface area contributed by atoms with Crippen LogP contribution < -0.4 is 0 Å². The van der Waals surface area contributed by atoms with E-state index >= 15 is 0 Å². The summed E-state index contributed by atoms with van der Waals surface area (Å²) in [7, 11) is 0. The van der Waals surface area contributed by atoms with Crippen LogP contribution in [0.3, 0.4) is 0 Å². The average Bonchev–Trinajstić information content (AvgIpc) is 1.57. The summed E-state index contributed by atoms with van der Waals surface area (Å²) < 4.78 is 23.2. The quantitative estimate of drug-likeness (QED) is 0.140. The van der Waals surface area contributed by atoms with E-state index in [1.54, 1.807) is 11.3 Å². The van der Waals surface area contributed by atoms with Crippen molar-refractivity contribution < 1.29 is 8.83 Å². The molecule has 474 valence electrons. The van der Waals surface area contributed by atoms with E-state index in [0.717, 1.165) is 110 Å². The van der Waals surface area contributed by atoms with Gasteiger partial charge in [0.25, 0.3) is 0 Å². The van der Waals surface area contributed by atoms with Gasteiger partial charge in [0.15, 0.2) is 34.9 Å². The third-order valence-electron chi connectivity index (χ3n) is 20.3. The molecule has 0 saturated carbocycles. The Morgan fingerprint density at radius 2 is 0.559 bits per heavy atom. The third-order valence-corrected chi connectivity index (χ3v) is 22.6. The highest BCUT2D eigenvalue weighted by Gasteiger charge is 2.25. The molecule has 12 heteroatoms. The van der Waals surface area contributed by atoms with Gasteiger partial charge in [0.2, 0.25) is 0 Å². The first-order chi connectivity index (χ1) is 50.5. The van der Waals surface area contributed by atoms with Gasteiger partial charge in [0, 0.05) is 107 Å². The van der Waals surface area contributed by atoms with Crippen molar-refractivity contribution in [2.24, 2.45) is 0 Å². The molecule has 14 aromatic carbocycles. The molecule has 10 nitrogen and oxygen atoms in total. The molecule has 102 heavy (non-hydrogen) atoms. The molecule has 0 spiro atoms. The van der Waals surface area contributed by atoms with Crippen LogP contribution in [0, 0.1) is 0 Å². The summed E-state index contributed by atoms with van der Waals surface area (Å²) in [5.74, 6) is 3.40. The van der Waals surface area contributed by atoms with E-state index in [0.29, 0.717) is 34.9 Å². The lowest BCUT2D eigenvalue weighted by atomic mass is 10.0. The van der Waals surface area contributed by atoms with Crippen LogP contribution in [0.25, 0.3) is 219 Å². The number of nitrogens with zero attached hydrogens (tertiary/aromatic N) is 8. The molecule has 0 saturated heterocycles. The molecule has 22 aromatic rings. The maximum Gasteiger partial charge on any atom is 0.164 e. The summed E-state index contributed by atoms with van der Waals surface area (Å²) in [6.45, 7) is 0. The average molecular weight is 1340 g/mol. The van der Waals surface area contributed by atoms with E-state index in [9.17, 15) is 0 Å². The number of furan rings is 2. The van der Waals surface area contributed by atoms with Crippen LogP contribution in [-0.2, 0) is 0 Å². The molecule has 0 aliphatic carbocycles. The van der Waals surface area contributed by atoms with Crippen LogP contribution in [0.15, 0.2) is 312 Å². The standard InChI is InChI=1S/C90H50N8O2S2/c1-3-19-53(20-4-1)85-91-87(95-89(93-85)63-29-17-37-75-81(63)67-47-65-61-27-15-35-73(83(61)102-80(65)50-78(67)100-75)97-69-31-11-7-23-57(69)58-24-8-12-32-70(58)97)55-43-39-51(40-44-55)52-41-45-56(46-42-52)88-92-86(54-21-5-2-6-22-54)94-90(96-88)64-30-18-38-76-82(64)68-49-79-66(48-77(68)99-76)62-28-16-36-74(84(62)101-79)98-71-33-13-9-25-59(71)60-26-10-14-34-72(60)98/h1-50H. The Labute approximate surface area is 588 Å². The number of thiophene rings is 2. The highest BCUT2D eigenvalue weighted by atomic mass is 32.1. The van der Waals surface area contributed by atoms with E-state index in [1.165, 1.54) is 73.9 Å². The van der Waals surface area contributed by atoms with Gasteiger partial charge in [-0.25, -0.2) is 29.9 Å². The lowest BCUT2D eigenvalue weighted by Crippen LogP contribution is -2.00. The normalized spacial score (nSPS) is 12.1. The van der Waals surface area contributed by atoms with Crippen molar-refractivity contribution in [2.75, 3.05) is 0 Å². The minimum absolute atomic E-state index is 0.557. The highest BCUT2D eigenvalue weighted by molar-refractivity contribution is 7.26. The lowest BCUT2D eigenvalue weighted by molar-refractivity contribution is 0.669. The van der Waals surface area contributed by atoms with Crippen molar-refractivity contribution in [1.29, 1.82) is 0 Å². The van der Waals surface area contributed by atoms with Gasteiger partial charge >= 0.3 is 0 Å². The molecule has 8 aromatic heterocycles. The molecule has 0 radical (unpaired) electrons. The molecule has 8 heterocycles. The van der Waals surface area contributed by atoms with Crippen LogP contribution in [0.1, 0.15) is 0 Å². The first-order valence-corrected chi connectivity index (χ1v) is 35.6. The van der Waals surface area contributed by atoms with Crippen molar-refractivity contribution in [2.45, 2.75) is 0 Å². The fourth-order valence-electron chi connectivity index (χ4n) is 15.6. The molecule has 0 bridgehead atoms. The van der Waals surface area contributed by atoms with E-state index in [4.69, 9.17) is 38.7 Å². The van der Waals surface area contributed by atoms with Gasteiger partial charge in [0.05, 0.1) is 42.8 Å². The molecule has 0 fully saturated rings. The minimum Gasteiger partial charge on any atom is -0.456 e. The SMILES string of the molecule is c1ccc(-c2nc(-c3ccc(-c4ccc(-c5nc(-c6ccccc6)nc(-c6cccc7oc8cc9sc%10c(-n%11c%12ccccc%12c%12ccccc%12%11)cccc%10c9cc8c67)n5)cc4)cc3)nc(-c3cccc4oc5cc6c(cc5c34)sc3c(-n4c5ccccc5c5ccccc54)cccc36)n2)cc1. The van der Waals surface area contributed by atoms with Crippen molar-refractivity contribution in [3.8, 4) is 90.8 Å². The number of fused-ring (bicyclic) bond motifs is 18. The van der Waals surface area contributed by atoms with Crippen LogP contribution in [0.2, 0.25) is 0 Å². The third kappa shape index (κ3) is 8.70. The monoisotopic (exact) mass is 1340 g/mol. The molecular formula is C90H50N8O2S2. The zero-order chi connectivity index (χ0) is 66.7. The maximum atomic E-state index is 6.81. The largest absolute Gasteiger partial charge is 0.456 e. The Kier molecular flexibility index (Phi) is 12.3. The van der Waals surface area contributed by atoms with E-state index in [2.05, 4.69) is 228 Å². The Morgan fingerprint density at radius 1 is 0.225 bits per heavy atom. The first-order valence-electron chi connectivity index (χ1n) is 34.0. The van der Waals surface area contributed by atoms with E-state index < -0.39 is 0 Å². The molecule has 0 amide bonds. The smallest absolute Gasteiger partial charge is 0.164 e. The second kappa shape index (κ2) is 22.1. The van der Waals surface area contributed by atoms with Crippen LogP contribution in [0.5, 0.6) is 0 Å². The second-order valence-corrected chi connectivity index (χ2v) is 28.1. The van der Waals surface area contributed by atoms with Crippen molar-refractivity contribution >= 4 is 151 Å². The molecule has 0 unspecified atom stereocenters. The molecule has 22 rings (SSSR count). The summed E-state index contributed by atoms with van der Waals surface area (Å²) in [5.41, 5.74) is 17.5. The van der Waals surface area contributed by atoms with Gasteiger partial charge in [0.1, 0.15) is 22.3 Å². The first kappa shape index (κ1) is 56.7. The summed E-state index contributed by atoms with van der Waals surface area (Å²) in [6.07, 6.45) is 0. The lowest BCUT2D eigenvalue weighted by Gasteiger charge is -2.11. The summed E-state index contributed by atoms with van der Waals surface area (Å²) in [4.78, 5) is 31.5. The Hall–Kier alpha value is -13.3. The van der Waals surface area contributed by atoms with Gasteiger partial charge < -0.3 is 18.0 Å². The van der Waals surface area contributed by atoms with Crippen molar-refractivity contribution in [3.05, 3.63) is 303 Å². The topological polar surface area (TPSA) is 113 Å². The Morgan fingerprint density at radius 3 is 1.00 bits per heavy atom. The Balaban J connectivity index is 0.612. The Bertz CT molecular complexity index is 7140. The molecule has 0 atom stereocenters. The number of aromatic nitrogens is 8. The molecular weight excluding hydrogens is 1290 g/mol. The number of hydrogen-bond acceptors (Lipinski definition) is 10. The van der Waals surface area contributed by atoms with Crippen molar-refractivity contribution in [3.63, 3.8) is 0 Å². The van der Waals surface area contributed by atoms with Gasteiger partial charge in [-0.3, -0.25) is 0 Å². The van der Waals surface area contributed by atoms with Gasteiger partial charge in [-0.2, -0.15) is 0 Å². The summed E-state index contributed by atoms with van der Waals surface area (Å²) in [6, 6.07) is 107. The van der Waals surface area contributed by atoms with Gasteiger partial charge in [-0.05, 0) is 83.9 Å². The second-order valence-electron chi connectivity index (χ2n) is 26.0. The van der Waals surface area contributed by atoms with E-state index in [-0.39, 0.29) is 0 Å². The molecule has 0 N–H and O–H groups in total. The minimum atomic E-state index is 0.557. The summed E-state index contributed by atoms with van der Waals surface area (Å²) in [5, 5.41) is 13.6. The maximum absolute atomic E-state index is 6.81. The van der Waals surface area contributed by atoms with Gasteiger partial charge in [-0.15, -0.1) is 22.7 Å². The van der Waals surface area contributed by atoms with Gasteiger partial charge in [-0.1, -0.05) is 231 Å². The number of benzene rings is 14. The van der Waals surface area contributed by atoms with Crippen LogP contribution in [0.4, 0.5) is 0 Å². The zero-order valence-corrected chi connectivity index (χ0v) is 55.7.